The Balaban J connectivity index is 1.53. The highest BCUT2D eigenvalue weighted by molar-refractivity contribution is 5.89. The van der Waals surface area contributed by atoms with Crippen LogP contribution in [0, 0.1) is 34.5 Å². The molecule has 0 aromatic heterocycles. The number of carbonyl (C=O) groups excluding carboxylic acids is 1. The molecule has 1 aromatic carbocycles. The molecule has 1 unspecified atom stereocenters. The van der Waals surface area contributed by atoms with Crippen LogP contribution < -0.4 is 0 Å². The van der Waals surface area contributed by atoms with Crippen molar-refractivity contribution in [2.45, 2.75) is 118 Å². The lowest BCUT2D eigenvalue weighted by Gasteiger charge is -2.60. The van der Waals surface area contributed by atoms with E-state index in [4.69, 9.17) is 4.74 Å². The Kier molecular flexibility index (Phi) is 6.80. The van der Waals surface area contributed by atoms with Crippen LogP contribution >= 0.6 is 0 Å². The minimum absolute atomic E-state index is 0.101. The van der Waals surface area contributed by atoms with Crippen molar-refractivity contribution < 1.29 is 9.53 Å². The lowest BCUT2D eigenvalue weighted by molar-refractivity contribution is -0.176. The summed E-state index contributed by atoms with van der Waals surface area (Å²) in [7, 11) is 0. The van der Waals surface area contributed by atoms with E-state index in [0.29, 0.717) is 23.2 Å². The average Bonchev–Trinajstić information content (AvgIpc) is 2.79. The summed E-state index contributed by atoms with van der Waals surface area (Å²) in [6, 6.07) is 8.49. The Bertz CT molecular complexity index is 803. The Labute approximate surface area is 203 Å². The van der Waals surface area contributed by atoms with Crippen LogP contribution in [0.4, 0.5) is 0 Å². The zero-order valence-corrected chi connectivity index (χ0v) is 22.4. The van der Waals surface area contributed by atoms with Crippen molar-refractivity contribution in [2.75, 3.05) is 0 Å². The van der Waals surface area contributed by atoms with Crippen LogP contribution in [0.5, 0.6) is 0 Å². The first-order valence-corrected chi connectivity index (χ1v) is 13.9. The van der Waals surface area contributed by atoms with Crippen LogP contribution in [0.2, 0.25) is 0 Å². The number of benzene rings is 1. The van der Waals surface area contributed by atoms with Crippen molar-refractivity contribution in [2.24, 2.45) is 34.5 Å². The molecule has 4 bridgehead atoms. The number of hydrogen-bond donors (Lipinski definition) is 0. The number of carbonyl (C=O) groups is 1. The standard InChI is InChI=1S/C31H48O2/c1-8-29(4,5)20-27(30(6,7)9-2)23-11-13-24(14-12-23)28(32)33-31(10-3)25-16-21-15-22(18-25)19-26(31)17-21/h11-14,21-22,25-27H,8-10,15-20H2,1-7H3. The van der Waals surface area contributed by atoms with Gasteiger partial charge in [-0.1, -0.05) is 73.4 Å². The van der Waals surface area contributed by atoms with Crippen LogP contribution in [-0.2, 0) is 4.74 Å². The minimum Gasteiger partial charge on any atom is -0.455 e. The number of rotatable bonds is 9. The lowest BCUT2D eigenvalue weighted by Crippen LogP contribution is -2.59. The second-order valence-electron chi connectivity index (χ2n) is 13.2. The zero-order chi connectivity index (χ0) is 24.0. The molecule has 1 atom stereocenters. The Hall–Kier alpha value is -1.31. The molecule has 0 radical (unpaired) electrons. The van der Waals surface area contributed by atoms with Crippen molar-refractivity contribution in [1.29, 1.82) is 0 Å². The van der Waals surface area contributed by atoms with E-state index in [1.807, 2.05) is 12.1 Å². The molecule has 5 rings (SSSR count). The summed E-state index contributed by atoms with van der Waals surface area (Å²) in [5.41, 5.74) is 2.40. The quantitative estimate of drug-likeness (QED) is 0.350. The largest absolute Gasteiger partial charge is 0.455 e. The van der Waals surface area contributed by atoms with Gasteiger partial charge in [0, 0.05) is 0 Å². The van der Waals surface area contributed by atoms with Gasteiger partial charge in [-0.05, 0) is 103 Å². The second-order valence-corrected chi connectivity index (χ2v) is 13.2. The Morgan fingerprint density at radius 3 is 1.91 bits per heavy atom. The van der Waals surface area contributed by atoms with E-state index in [2.05, 4.69) is 60.6 Å². The van der Waals surface area contributed by atoms with Crippen LogP contribution in [0.25, 0.3) is 0 Å². The Morgan fingerprint density at radius 2 is 1.45 bits per heavy atom. The SMILES string of the molecule is CCC(C)(C)CC(c1ccc(C(=O)OC2(CC)C3CC4CC(C3)CC2C4)cc1)C(C)(C)CC. The van der Waals surface area contributed by atoms with Crippen LogP contribution in [0.15, 0.2) is 24.3 Å². The summed E-state index contributed by atoms with van der Waals surface area (Å²) in [6.45, 7) is 16.4. The van der Waals surface area contributed by atoms with E-state index >= 15 is 0 Å². The topological polar surface area (TPSA) is 26.3 Å². The number of esters is 1. The van der Waals surface area contributed by atoms with Gasteiger partial charge in [0.1, 0.15) is 5.60 Å². The first-order chi connectivity index (χ1) is 15.5. The van der Waals surface area contributed by atoms with E-state index in [-0.39, 0.29) is 17.0 Å². The molecule has 4 saturated carbocycles. The fourth-order valence-corrected chi connectivity index (χ4v) is 7.67. The highest BCUT2D eigenvalue weighted by Gasteiger charge is 2.58. The van der Waals surface area contributed by atoms with Gasteiger partial charge in [-0.15, -0.1) is 0 Å². The maximum atomic E-state index is 13.4. The molecule has 0 aliphatic heterocycles. The molecule has 0 amide bonds. The van der Waals surface area contributed by atoms with E-state index in [1.165, 1.54) is 50.5 Å². The van der Waals surface area contributed by atoms with Crippen molar-refractivity contribution in [1.82, 2.24) is 0 Å². The average molecular weight is 453 g/mol. The maximum absolute atomic E-state index is 13.4. The summed E-state index contributed by atoms with van der Waals surface area (Å²) in [4.78, 5) is 13.4. The van der Waals surface area contributed by atoms with Crippen molar-refractivity contribution in [3.05, 3.63) is 35.4 Å². The smallest absolute Gasteiger partial charge is 0.338 e. The summed E-state index contributed by atoms with van der Waals surface area (Å²) >= 11 is 0. The fourth-order valence-electron chi connectivity index (χ4n) is 7.67. The summed E-state index contributed by atoms with van der Waals surface area (Å²) in [6.07, 6.45) is 11.0. The molecule has 2 nitrogen and oxygen atoms in total. The van der Waals surface area contributed by atoms with E-state index < -0.39 is 0 Å². The van der Waals surface area contributed by atoms with Gasteiger partial charge in [-0.3, -0.25) is 0 Å². The normalized spacial score (nSPS) is 32.1. The summed E-state index contributed by atoms with van der Waals surface area (Å²) < 4.78 is 6.50. The minimum atomic E-state index is -0.221. The van der Waals surface area contributed by atoms with Crippen LogP contribution in [0.3, 0.4) is 0 Å². The molecule has 0 saturated heterocycles. The van der Waals surface area contributed by atoms with Gasteiger partial charge in [-0.2, -0.15) is 0 Å². The van der Waals surface area contributed by atoms with Gasteiger partial charge in [0.15, 0.2) is 0 Å². The van der Waals surface area contributed by atoms with E-state index in [1.54, 1.807) is 0 Å². The van der Waals surface area contributed by atoms with Gasteiger partial charge in [0.05, 0.1) is 5.56 Å². The molecule has 184 valence electrons. The molecule has 4 aliphatic carbocycles. The lowest BCUT2D eigenvalue weighted by atomic mass is 9.49. The predicted molar refractivity (Wildman–Crippen MR) is 137 cm³/mol. The van der Waals surface area contributed by atoms with Gasteiger partial charge in [-0.25, -0.2) is 4.79 Å². The van der Waals surface area contributed by atoms with Crippen molar-refractivity contribution in [3.63, 3.8) is 0 Å². The van der Waals surface area contributed by atoms with Gasteiger partial charge in [0.25, 0.3) is 0 Å². The van der Waals surface area contributed by atoms with Crippen molar-refractivity contribution >= 4 is 5.97 Å². The zero-order valence-electron chi connectivity index (χ0n) is 22.4. The Morgan fingerprint density at radius 1 is 0.909 bits per heavy atom. The molecule has 4 aliphatic rings. The maximum Gasteiger partial charge on any atom is 0.338 e. The van der Waals surface area contributed by atoms with Crippen molar-refractivity contribution in [3.8, 4) is 0 Å². The fraction of sp³-hybridized carbons (Fsp3) is 0.774. The van der Waals surface area contributed by atoms with Gasteiger partial charge >= 0.3 is 5.97 Å². The molecule has 33 heavy (non-hydrogen) atoms. The molecule has 0 spiro atoms. The monoisotopic (exact) mass is 452 g/mol. The first kappa shape index (κ1) is 24.8. The number of ether oxygens (including phenoxy) is 1. The molecular weight excluding hydrogens is 404 g/mol. The highest BCUT2D eigenvalue weighted by Crippen LogP contribution is 2.60. The van der Waals surface area contributed by atoms with E-state index in [9.17, 15) is 4.79 Å². The van der Waals surface area contributed by atoms with E-state index in [0.717, 1.165) is 30.2 Å². The third kappa shape index (κ3) is 4.65. The van der Waals surface area contributed by atoms with Crippen LogP contribution in [-0.4, -0.2) is 11.6 Å². The predicted octanol–water partition coefficient (Wildman–Crippen LogP) is 8.79. The molecule has 0 heterocycles. The molecule has 2 heteroatoms. The number of hydrogen-bond acceptors (Lipinski definition) is 2. The molecule has 1 aromatic rings. The van der Waals surface area contributed by atoms with Gasteiger partial charge in [0.2, 0.25) is 0 Å². The highest BCUT2D eigenvalue weighted by atomic mass is 16.6. The first-order valence-electron chi connectivity index (χ1n) is 13.9. The van der Waals surface area contributed by atoms with Crippen LogP contribution in [0.1, 0.15) is 128 Å². The molecule has 0 N–H and O–H groups in total. The summed E-state index contributed by atoms with van der Waals surface area (Å²) in [5.74, 6) is 3.30. The summed E-state index contributed by atoms with van der Waals surface area (Å²) in [5, 5.41) is 0. The molecule has 4 fully saturated rings. The van der Waals surface area contributed by atoms with Gasteiger partial charge < -0.3 is 4.74 Å². The third-order valence-electron chi connectivity index (χ3n) is 10.5. The second kappa shape index (κ2) is 9.04. The third-order valence-corrected chi connectivity index (χ3v) is 10.5. The molecular formula is C31H48O2.